The van der Waals surface area contributed by atoms with Gasteiger partial charge in [-0.2, -0.15) is 0 Å². The Morgan fingerprint density at radius 3 is 2.18 bits per heavy atom. The summed E-state index contributed by atoms with van der Waals surface area (Å²) in [6.07, 6.45) is 13.8. The van der Waals surface area contributed by atoms with E-state index < -0.39 is 12.0 Å². The summed E-state index contributed by atoms with van der Waals surface area (Å²) in [7, 11) is 2.03. The summed E-state index contributed by atoms with van der Waals surface area (Å²) in [4.78, 5) is 34.1. The second-order valence-electron chi connectivity index (χ2n) is 12.1. The topological polar surface area (TPSA) is 82.0 Å². The zero-order chi connectivity index (χ0) is 27.0. The van der Waals surface area contributed by atoms with Gasteiger partial charge in [-0.15, -0.1) is 0 Å². The first-order valence-electron chi connectivity index (χ1n) is 14.9. The summed E-state index contributed by atoms with van der Waals surface area (Å²) in [5, 5.41) is 13.2. The second kappa shape index (κ2) is 10.9. The Kier molecular flexibility index (Phi) is 7.29. The SMILES string of the molecule is C[N+]1(C2CC3CC[C@@H](C2)N3C2CCCCCCC2)C(=O)C(=N[C@H](C(=O)O)c2ccccc2)Nc2ccccc21. The van der Waals surface area contributed by atoms with Crippen LogP contribution in [0.15, 0.2) is 59.6 Å². The normalized spacial score (nSPS) is 31.7. The predicted molar refractivity (Wildman–Crippen MR) is 155 cm³/mol. The van der Waals surface area contributed by atoms with Gasteiger partial charge in [0.15, 0.2) is 11.7 Å². The summed E-state index contributed by atoms with van der Waals surface area (Å²) in [5.74, 6) is -1.07. The van der Waals surface area contributed by atoms with E-state index in [-0.39, 0.29) is 22.3 Å². The van der Waals surface area contributed by atoms with Crippen LogP contribution in [0.25, 0.3) is 0 Å². The highest BCUT2D eigenvalue weighted by atomic mass is 16.4. The number of nitrogens with zero attached hydrogens (tertiary/aromatic N) is 3. The van der Waals surface area contributed by atoms with Crippen LogP contribution in [-0.4, -0.2) is 58.9 Å². The van der Waals surface area contributed by atoms with E-state index >= 15 is 0 Å². The Morgan fingerprint density at radius 1 is 0.897 bits per heavy atom. The van der Waals surface area contributed by atoms with Crippen LogP contribution in [0, 0.1) is 0 Å². The molecule has 0 spiro atoms. The Hall–Kier alpha value is -3.03. The Morgan fingerprint density at radius 2 is 1.51 bits per heavy atom. The summed E-state index contributed by atoms with van der Waals surface area (Å²) in [5.41, 5.74) is 2.35. The highest BCUT2D eigenvalue weighted by Crippen LogP contribution is 2.46. The van der Waals surface area contributed by atoms with E-state index in [1.807, 2.05) is 37.4 Å². The minimum absolute atomic E-state index is 0.133. The molecule has 0 aromatic heterocycles. The van der Waals surface area contributed by atoms with Crippen molar-refractivity contribution < 1.29 is 14.7 Å². The molecule has 39 heavy (non-hydrogen) atoms. The molecule has 3 aliphatic heterocycles. The summed E-state index contributed by atoms with van der Waals surface area (Å²) in [6.45, 7) is 0. The van der Waals surface area contributed by atoms with Gasteiger partial charge in [0.1, 0.15) is 11.7 Å². The lowest BCUT2D eigenvalue weighted by Crippen LogP contribution is -2.67. The van der Waals surface area contributed by atoms with E-state index in [1.165, 1.54) is 57.8 Å². The van der Waals surface area contributed by atoms with E-state index in [4.69, 9.17) is 0 Å². The van der Waals surface area contributed by atoms with Gasteiger partial charge in [0.25, 0.3) is 0 Å². The van der Waals surface area contributed by atoms with Crippen molar-refractivity contribution in [3.8, 4) is 0 Å². The van der Waals surface area contributed by atoms with Gasteiger partial charge in [-0.05, 0) is 37.3 Å². The molecule has 7 heteroatoms. The first-order chi connectivity index (χ1) is 19.0. The van der Waals surface area contributed by atoms with E-state index in [0.717, 1.165) is 24.2 Å². The minimum Gasteiger partial charge on any atom is -0.479 e. The van der Waals surface area contributed by atoms with Gasteiger partial charge in [0.2, 0.25) is 5.84 Å². The van der Waals surface area contributed by atoms with Crippen molar-refractivity contribution >= 4 is 29.1 Å². The lowest BCUT2D eigenvalue weighted by molar-refractivity contribution is -0.138. The molecule has 1 saturated carbocycles. The number of hydrogen-bond acceptors (Lipinski definition) is 4. The van der Waals surface area contributed by atoms with Crippen LogP contribution in [0.3, 0.4) is 0 Å². The van der Waals surface area contributed by atoms with Crippen LogP contribution >= 0.6 is 0 Å². The number of piperidine rings is 1. The molecule has 2 bridgehead atoms. The van der Waals surface area contributed by atoms with Crippen molar-refractivity contribution in [2.24, 2.45) is 4.99 Å². The smallest absolute Gasteiger partial charge is 0.386 e. The number of aliphatic carboxylic acids is 1. The number of amides is 1. The maximum atomic E-state index is 14.4. The molecule has 4 aliphatic rings. The molecule has 3 unspecified atom stereocenters. The molecular weight excluding hydrogens is 488 g/mol. The van der Waals surface area contributed by atoms with Gasteiger partial charge in [0.05, 0.1) is 7.05 Å². The van der Waals surface area contributed by atoms with Crippen molar-refractivity contribution in [2.75, 3.05) is 12.4 Å². The standard InChI is InChI=1S/C32H40N4O3/c1-36(26-20-24-18-19-25(21-26)35(24)23-14-8-3-2-4-9-15-23)28-17-11-10-16-27(28)33-30(31(36)37)34-29(32(38)39)22-12-6-5-7-13-22/h5-7,10-13,16-17,23-26,29H,2-4,8-9,14-15,18-21H2,1H3,(H-,33,34,38,39)/p+1/t24-,25?,26?,29-,36?/m0/s1. The fourth-order valence-electron chi connectivity index (χ4n) is 7.92. The Balaban J connectivity index is 1.33. The number of aliphatic imine (C=N–C) groups is 1. The van der Waals surface area contributed by atoms with Crippen LogP contribution in [0.2, 0.25) is 0 Å². The van der Waals surface area contributed by atoms with Crippen LogP contribution < -0.4 is 9.80 Å². The number of fused-ring (bicyclic) bond motifs is 3. The number of benzene rings is 2. The van der Waals surface area contributed by atoms with Crippen LogP contribution in [-0.2, 0) is 9.59 Å². The van der Waals surface area contributed by atoms with Crippen LogP contribution in [0.4, 0.5) is 11.4 Å². The second-order valence-corrected chi connectivity index (χ2v) is 12.1. The third-order valence-electron chi connectivity index (χ3n) is 9.88. The number of nitrogens with one attached hydrogen (secondary N) is 1. The molecule has 2 aromatic rings. The van der Waals surface area contributed by atoms with Crippen molar-refractivity contribution in [1.29, 1.82) is 0 Å². The van der Waals surface area contributed by atoms with E-state index in [2.05, 4.69) is 15.2 Å². The highest BCUT2D eigenvalue weighted by Gasteiger charge is 2.55. The fraction of sp³-hybridized carbons (Fsp3) is 0.531. The molecule has 6 rings (SSSR count). The number of anilines is 1. The van der Waals surface area contributed by atoms with Crippen LogP contribution in [0.5, 0.6) is 0 Å². The molecular formula is C32H41N4O3+. The number of carbonyl (C=O) groups is 2. The number of amidine groups is 1. The third kappa shape index (κ3) is 4.80. The molecule has 206 valence electrons. The van der Waals surface area contributed by atoms with Gasteiger partial charge >= 0.3 is 11.9 Å². The first-order valence-corrected chi connectivity index (χ1v) is 14.9. The monoisotopic (exact) mass is 529 g/mol. The Bertz CT molecular complexity index is 1220. The highest BCUT2D eigenvalue weighted by molar-refractivity contribution is 6.47. The summed E-state index contributed by atoms with van der Waals surface area (Å²) < 4.78 is 0.147. The molecule has 3 heterocycles. The van der Waals surface area contributed by atoms with E-state index in [9.17, 15) is 14.7 Å². The third-order valence-corrected chi connectivity index (χ3v) is 9.88. The molecule has 2 aromatic carbocycles. The number of quaternary nitrogens is 1. The maximum Gasteiger partial charge on any atom is 0.386 e. The van der Waals surface area contributed by atoms with Gasteiger partial charge in [-0.1, -0.05) is 74.6 Å². The number of carboxylic acid groups (broad SMARTS) is 1. The largest absolute Gasteiger partial charge is 0.479 e. The molecule has 5 atom stereocenters. The van der Waals surface area contributed by atoms with Crippen molar-refractivity contribution in [3.05, 3.63) is 60.2 Å². The molecule has 2 N–H and O–H groups in total. The average Bonchev–Trinajstić information content (AvgIpc) is 3.18. The van der Waals surface area contributed by atoms with Gasteiger partial charge in [-0.25, -0.2) is 19.1 Å². The fourth-order valence-corrected chi connectivity index (χ4v) is 7.92. The number of carboxylic acids is 1. The van der Waals surface area contributed by atoms with Gasteiger partial charge < -0.3 is 10.4 Å². The van der Waals surface area contributed by atoms with Crippen molar-refractivity contribution in [1.82, 2.24) is 9.38 Å². The molecule has 3 fully saturated rings. The minimum atomic E-state index is -1.14. The number of likely N-dealkylation sites (N-methyl/N-ethyl adjacent to an activating group) is 1. The zero-order valence-electron chi connectivity index (χ0n) is 23.0. The van der Waals surface area contributed by atoms with Gasteiger partial charge in [-0.3, -0.25) is 4.90 Å². The number of rotatable bonds is 5. The molecule has 1 aliphatic carbocycles. The quantitative estimate of drug-likeness (QED) is 0.471. The zero-order valence-corrected chi connectivity index (χ0v) is 23.0. The maximum absolute atomic E-state index is 14.4. The first kappa shape index (κ1) is 26.2. The van der Waals surface area contributed by atoms with Gasteiger partial charge in [0, 0.05) is 37.0 Å². The molecule has 7 nitrogen and oxygen atoms in total. The number of carbonyl (C=O) groups excluding carboxylic acids is 1. The van der Waals surface area contributed by atoms with Crippen molar-refractivity contribution in [3.63, 3.8) is 0 Å². The van der Waals surface area contributed by atoms with Crippen LogP contribution in [0.1, 0.15) is 82.2 Å². The number of hydrogen-bond donors (Lipinski definition) is 2. The lowest BCUT2D eigenvalue weighted by atomic mass is 9.87. The molecule has 0 radical (unpaired) electrons. The average molecular weight is 530 g/mol. The molecule has 1 amide bonds. The predicted octanol–water partition coefficient (Wildman–Crippen LogP) is 5.91. The summed E-state index contributed by atoms with van der Waals surface area (Å²) in [6, 6.07) is 17.6. The lowest BCUT2D eigenvalue weighted by Gasteiger charge is -2.49. The Labute approximate surface area is 231 Å². The van der Waals surface area contributed by atoms with E-state index in [1.54, 1.807) is 24.3 Å². The van der Waals surface area contributed by atoms with Crippen molar-refractivity contribution in [2.45, 2.75) is 101 Å². The van der Waals surface area contributed by atoms with E-state index in [0.29, 0.717) is 23.7 Å². The summed E-state index contributed by atoms with van der Waals surface area (Å²) >= 11 is 0. The number of para-hydroxylation sites is 2. The molecule has 2 saturated heterocycles.